The molecule has 0 fully saturated rings. The second kappa shape index (κ2) is 6.18. The highest BCUT2D eigenvalue weighted by Crippen LogP contribution is 2.33. The van der Waals surface area contributed by atoms with Gasteiger partial charge >= 0.3 is 0 Å². The Labute approximate surface area is 121 Å². The van der Waals surface area contributed by atoms with Crippen molar-refractivity contribution in [2.75, 3.05) is 0 Å². The van der Waals surface area contributed by atoms with Crippen LogP contribution in [0, 0.1) is 11.6 Å². The molecule has 1 nitrogen and oxygen atoms in total. The molecule has 0 amide bonds. The maximum Gasteiger partial charge on any atom is 0.150 e. The van der Waals surface area contributed by atoms with Crippen LogP contribution in [0.2, 0.25) is 0 Å². The monoisotopic (exact) mass is 292 g/mol. The van der Waals surface area contributed by atoms with Crippen molar-refractivity contribution in [3.05, 3.63) is 59.2 Å². The fourth-order valence-corrected chi connectivity index (χ4v) is 2.60. The van der Waals surface area contributed by atoms with Crippen LogP contribution in [-0.4, -0.2) is 6.29 Å². The van der Waals surface area contributed by atoms with Gasteiger partial charge in [0.15, 0.2) is 0 Å². The molecular weight excluding hydrogens is 278 g/mol. The minimum atomic E-state index is -0.718. The van der Waals surface area contributed by atoms with E-state index in [4.69, 9.17) is 0 Å². The molecule has 2 rings (SSSR count). The normalized spacial score (nSPS) is 10.8. The van der Waals surface area contributed by atoms with Crippen LogP contribution in [0.3, 0.4) is 0 Å². The van der Waals surface area contributed by atoms with Crippen LogP contribution >= 0.6 is 11.8 Å². The predicted octanol–water partition coefficient (Wildman–Crippen LogP) is 5.05. The van der Waals surface area contributed by atoms with E-state index in [2.05, 4.69) is 13.8 Å². The summed E-state index contributed by atoms with van der Waals surface area (Å²) >= 11 is 1.01. The zero-order valence-corrected chi connectivity index (χ0v) is 12.0. The van der Waals surface area contributed by atoms with Gasteiger partial charge in [-0.05, 0) is 35.7 Å². The minimum Gasteiger partial charge on any atom is -0.298 e. The zero-order valence-electron chi connectivity index (χ0n) is 11.2. The molecule has 0 heterocycles. The van der Waals surface area contributed by atoms with Crippen LogP contribution in [0.4, 0.5) is 8.78 Å². The lowest BCUT2D eigenvalue weighted by atomic mass is 10.0. The summed E-state index contributed by atoms with van der Waals surface area (Å²) in [4.78, 5) is 11.2. The summed E-state index contributed by atoms with van der Waals surface area (Å²) < 4.78 is 27.5. The number of halogens is 2. The maximum atomic E-state index is 13.8. The first kappa shape index (κ1) is 14.7. The van der Waals surface area contributed by atoms with E-state index in [1.54, 1.807) is 0 Å². The molecule has 0 aromatic heterocycles. The van der Waals surface area contributed by atoms with Crippen molar-refractivity contribution in [1.29, 1.82) is 0 Å². The van der Waals surface area contributed by atoms with Crippen molar-refractivity contribution < 1.29 is 13.6 Å². The summed E-state index contributed by atoms with van der Waals surface area (Å²) in [6.07, 6.45) is 0.429. The molecule has 104 valence electrons. The molecule has 0 aliphatic rings. The number of hydrogen-bond acceptors (Lipinski definition) is 2. The van der Waals surface area contributed by atoms with E-state index in [1.807, 2.05) is 24.3 Å². The van der Waals surface area contributed by atoms with Crippen molar-refractivity contribution in [2.24, 2.45) is 0 Å². The van der Waals surface area contributed by atoms with Crippen molar-refractivity contribution in [2.45, 2.75) is 29.6 Å². The van der Waals surface area contributed by atoms with Crippen LogP contribution < -0.4 is 0 Å². The predicted molar refractivity (Wildman–Crippen MR) is 76.4 cm³/mol. The molecule has 0 unspecified atom stereocenters. The highest BCUT2D eigenvalue weighted by Gasteiger charge is 2.13. The quantitative estimate of drug-likeness (QED) is 0.733. The molecule has 20 heavy (non-hydrogen) atoms. The van der Waals surface area contributed by atoms with E-state index < -0.39 is 11.6 Å². The second-order valence-corrected chi connectivity index (χ2v) is 5.84. The standard InChI is InChI=1S/C16H14F2OS/c1-10(2)12-3-5-13(6-4-12)20-16-14(17)7-11(9-19)8-15(16)18/h3-10H,1-2H3. The van der Waals surface area contributed by atoms with Gasteiger partial charge in [-0.15, -0.1) is 0 Å². The molecule has 0 saturated carbocycles. The number of rotatable bonds is 4. The average molecular weight is 292 g/mol. The molecule has 4 heteroatoms. The maximum absolute atomic E-state index is 13.8. The lowest BCUT2D eigenvalue weighted by molar-refractivity contribution is 0.112. The lowest BCUT2D eigenvalue weighted by Gasteiger charge is -2.08. The van der Waals surface area contributed by atoms with E-state index in [-0.39, 0.29) is 10.5 Å². The van der Waals surface area contributed by atoms with Crippen LogP contribution in [0.15, 0.2) is 46.2 Å². The Morgan fingerprint density at radius 3 is 2.05 bits per heavy atom. The van der Waals surface area contributed by atoms with Crippen LogP contribution in [0.1, 0.15) is 35.7 Å². The van der Waals surface area contributed by atoms with E-state index in [0.29, 0.717) is 12.2 Å². The van der Waals surface area contributed by atoms with Crippen molar-refractivity contribution in [3.8, 4) is 0 Å². The van der Waals surface area contributed by atoms with E-state index in [9.17, 15) is 13.6 Å². The molecule has 0 atom stereocenters. The van der Waals surface area contributed by atoms with Crippen LogP contribution in [-0.2, 0) is 0 Å². The third kappa shape index (κ3) is 3.25. The Morgan fingerprint density at radius 1 is 1.05 bits per heavy atom. The molecule has 0 aliphatic heterocycles. The second-order valence-electron chi connectivity index (χ2n) is 4.76. The van der Waals surface area contributed by atoms with Gasteiger partial charge in [-0.1, -0.05) is 37.7 Å². The first-order valence-corrected chi connectivity index (χ1v) is 7.05. The Balaban J connectivity index is 2.28. The summed E-state index contributed by atoms with van der Waals surface area (Å²) in [5.41, 5.74) is 1.17. The Kier molecular flexibility index (Phi) is 4.55. The van der Waals surface area contributed by atoms with Gasteiger partial charge in [-0.25, -0.2) is 8.78 Å². The van der Waals surface area contributed by atoms with Gasteiger partial charge in [0.05, 0.1) is 4.90 Å². The van der Waals surface area contributed by atoms with E-state index >= 15 is 0 Å². The Morgan fingerprint density at radius 2 is 1.60 bits per heavy atom. The number of aldehydes is 1. The summed E-state index contributed by atoms with van der Waals surface area (Å²) in [5, 5.41) is 0. The number of carbonyl (C=O) groups excluding carboxylic acids is 1. The Bertz CT molecular complexity index is 598. The third-order valence-corrected chi connectivity index (χ3v) is 4.03. The molecule has 0 bridgehead atoms. The molecule has 0 N–H and O–H groups in total. The first-order valence-electron chi connectivity index (χ1n) is 6.23. The zero-order chi connectivity index (χ0) is 14.7. The van der Waals surface area contributed by atoms with Gasteiger partial charge < -0.3 is 0 Å². The van der Waals surface area contributed by atoms with Crippen LogP contribution in [0.5, 0.6) is 0 Å². The molecular formula is C16H14F2OS. The fourth-order valence-electron chi connectivity index (χ4n) is 1.78. The highest BCUT2D eigenvalue weighted by atomic mass is 32.2. The summed E-state index contributed by atoms with van der Waals surface area (Å²) in [6, 6.07) is 9.66. The largest absolute Gasteiger partial charge is 0.298 e. The van der Waals surface area contributed by atoms with Gasteiger partial charge in [0.2, 0.25) is 0 Å². The molecule has 0 saturated heterocycles. The molecule has 2 aromatic rings. The van der Waals surface area contributed by atoms with Gasteiger partial charge in [0.1, 0.15) is 17.9 Å². The van der Waals surface area contributed by atoms with Gasteiger partial charge in [0, 0.05) is 10.5 Å². The third-order valence-electron chi connectivity index (χ3n) is 2.92. The minimum absolute atomic E-state index is 0.000458. The molecule has 2 aromatic carbocycles. The smallest absolute Gasteiger partial charge is 0.150 e. The van der Waals surface area contributed by atoms with E-state index in [1.165, 1.54) is 5.56 Å². The van der Waals surface area contributed by atoms with Gasteiger partial charge in [-0.3, -0.25) is 4.79 Å². The molecule has 0 aliphatic carbocycles. The Hall–Kier alpha value is -1.68. The van der Waals surface area contributed by atoms with E-state index in [0.717, 1.165) is 28.8 Å². The number of hydrogen-bond donors (Lipinski definition) is 0. The van der Waals surface area contributed by atoms with Gasteiger partial charge in [-0.2, -0.15) is 0 Å². The molecule has 0 spiro atoms. The summed E-state index contributed by atoms with van der Waals surface area (Å²) in [7, 11) is 0. The van der Waals surface area contributed by atoms with Crippen molar-refractivity contribution >= 4 is 18.0 Å². The van der Waals surface area contributed by atoms with Crippen molar-refractivity contribution in [1.82, 2.24) is 0 Å². The lowest BCUT2D eigenvalue weighted by Crippen LogP contribution is -1.92. The summed E-state index contributed by atoms with van der Waals surface area (Å²) in [5.74, 6) is -1.02. The van der Waals surface area contributed by atoms with Crippen LogP contribution in [0.25, 0.3) is 0 Å². The average Bonchev–Trinajstić information content (AvgIpc) is 2.43. The number of benzene rings is 2. The SMILES string of the molecule is CC(C)c1ccc(Sc2c(F)cc(C=O)cc2F)cc1. The fraction of sp³-hybridized carbons (Fsp3) is 0.188. The van der Waals surface area contributed by atoms with Crippen molar-refractivity contribution in [3.63, 3.8) is 0 Å². The van der Waals surface area contributed by atoms with Gasteiger partial charge in [0.25, 0.3) is 0 Å². The first-order chi connectivity index (χ1) is 9.51. The molecule has 0 radical (unpaired) electrons. The topological polar surface area (TPSA) is 17.1 Å². The highest BCUT2D eigenvalue weighted by molar-refractivity contribution is 7.99. The number of carbonyl (C=O) groups is 1. The summed E-state index contributed by atoms with van der Waals surface area (Å²) in [6.45, 7) is 4.17.